The van der Waals surface area contributed by atoms with Crippen LogP contribution in [0.15, 0.2) is 55.0 Å². The molecule has 0 aliphatic heterocycles. The summed E-state index contributed by atoms with van der Waals surface area (Å²) in [5.74, 6) is 0.850. The number of benzene rings is 2. The number of fused-ring (bicyclic) bond motifs is 1. The van der Waals surface area contributed by atoms with Crippen molar-refractivity contribution in [3.8, 4) is 5.75 Å². The SMILES string of the molecule is COc1ccc2cccc(CC(N)c3cnccn3)c2c1. The van der Waals surface area contributed by atoms with E-state index >= 15 is 0 Å². The van der Waals surface area contributed by atoms with Gasteiger partial charge in [0.15, 0.2) is 0 Å². The first kappa shape index (κ1) is 13.5. The average Bonchev–Trinajstić information content (AvgIpc) is 2.55. The number of aromatic nitrogens is 2. The van der Waals surface area contributed by atoms with Gasteiger partial charge in [0.1, 0.15) is 5.75 Å². The molecular formula is C17H17N3O. The molecule has 0 amide bonds. The Kier molecular flexibility index (Phi) is 3.79. The quantitative estimate of drug-likeness (QED) is 0.797. The second-order valence-corrected chi connectivity index (χ2v) is 4.95. The molecule has 3 aromatic rings. The summed E-state index contributed by atoms with van der Waals surface area (Å²) in [5, 5.41) is 2.34. The smallest absolute Gasteiger partial charge is 0.119 e. The Morgan fingerprint density at radius 1 is 1.19 bits per heavy atom. The van der Waals surface area contributed by atoms with Gasteiger partial charge in [0.25, 0.3) is 0 Å². The largest absolute Gasteiger partial charge is 0.497 e. The van der Waals surface area contributed by atoms with Crippen molar-refractivity contribution >= 4 is 10.8 Å². The Balaban J connectivity index is 1.96. The summed E-state index contributed by atoms with van der Waals surface area (Å²) in [4.78, 5) is 8.35. The number of hydrogen-bond donors (Lipinski definition) is 1. The lowest BCUT2D eigenvalue weighted by atomic mass is 9.98. The lowest BCUT2D eigenvalue weighted by molar-refractivity contribution is 0.415. The number of ether oxygens (including phenoxy) is 1. The van der Waals surface area contributed by atoms with Gasteiger partial charge in [-0.25, -0.2) is 0 Å². The first-order valence-corrected chi connectivity index (χ1v) is 6.85. The second-order valence-electron chi connectivity index (χ2n) is 4.95. The van der Waals surface area contributed by atoms with E-state index in [2.05, 4.69) is 28.2 Å². The van der Waals surface area contributed by atoms with Crippen LogP contribution in [0.1, 0.15) is 17.3 Å². The normalized spacial score (nSPS) is 12.3. The number of nitrogens with zero attached hydrogens (tertiary/aromatic N) is 2. The molecule has 0 radical (unpaired) electrons. The van der Waals surface area contributed by atoms with Crippen molar-refractivity contribution in [3.05, 3.63) is 66.2 Å². The molecule has 21 heavy (non-hydrogen) atoms. The zero-order valence-electron chi connectivity index (χ0n) is 11.9. The summed E-state index contributed by atoms with van der Waals surface area (Å²) >= 11 is 0. The van der Waals surface area contributed by atoms with Gasteiger partial charge in [0.05, 0.1) is 18.8 Å². The number of hydrogen-bond acceptors (Lipinski definition) is 4. The molecule has 106 valence electrons. The van der Waals surface area contributed by atoms with Crippen LogP contribution in [-0.2, 0) is 6.42 Å². The van der Waals surface area contributed by atoms with Crippen LogP contribution in [0.2, 0.25) is 0 Å². The monoisotopic (exact) mass is 279 g/mol. The fourth-order valence-electron chi connectivity index (χ4n) is 2.47. The third-order valence-electron chi connectivity index (χ3n) is 3.58. The van der Waals surface area contributed by atoms with Crippen LogP contribution in [0.25, 0.3) is 10.8 Å². The van der Waals surface area contributed by atoms with Crippen molar-refractivity contribution in [2.75, 3.05) is 7.11 Å². The van der Waals surface area contributed by atoms with Gasteiger partial charge in [-0.2, -0.15) is 0 Å². The first-order chi connectivity index (χ1) is 10.3. The summed E-state index contributed by atoms with van der Waals surface area (Å²) < 4.78 is 5.31. The minimum absolute atomic E-state index is 0.171. The molecule has 0 bridgehead atoms. The third kappa shape index (κ3) is 2.85. The standard InChI is InChI=1S/C17H17N3O/c1-21-14-6-5-12-3-2-4-13(15(12)10-14)9-16(18)17-11-19-7-8-20-17/h2-8,10-11,16H,9,18H2,1H3. The van der Waals surface area contributed by atoms with E-state index in [1.165, 1.54) is 10.9 Å². The number of rotatable bonds is 4. The van der Waals surface area contributed by atoms with Gasteiger partial charge in [-0.1, -0.05) is 24.3 Å². The van der Waals surface area contributed by atoms with Gasteiger partial charge in [0.2, 0.25) is 0 Å². The molecule has 0 aliphatic rings. The first-order valence-electron chi connectivity index (χ1n) is 6.85. The molecule has 1 atom stereocenters. The van der Waals surface area contributed by atoms with E-state index in [4.69, 9.17) is 10.5 Å². The Labute approximate surface area is 123 Å². The summed E-state index contributed by atoms with van der Waals surface area (Å²) in [6.45, 7) is 0. The molecule has 4 nitrogen and oxygen atoms in total. The van der Waals surface area contributed by atoms with E-state index in [-0.39, 0.29) is 6.04 Å². The van der Waals surface area contributed by atoms with Crippen molar-refractivity contribution in [1.29, 1.82) is 0 Å². The fraction of sp³-hybridized carbons (Fsp3) is 0.176. The zero-order chi connectivity index (χ0) is 14.7. The molecular weight excluding hydrogens is 262 g/mol. The maximum atomic E-state index is 6.25. The fourth-order valence-corrected chi connectivity index (χ4v) is 2.47. The second kappa shape index (κ2) is 5.89. The molecule has 1 unspecified atom stereocenters. The summed E-state index contributed by atoms with van der Waals surface area (Å²) in [6, 6.07) is 12.1. The molecule has 2 N–H and O–H groups in total. The Hall–Kier alpha value is -2.46. The van der Waals surface area contributed by atoms with E-state index in [1.807, 2.05) is 18.2 Å². The van der Waals surface area contributed by atoms with Gasteiger partial charge in [-0.3, -0.25) is 9.97 Å². The minimum atomic E-state index is -0.171. The van der Waals surface area contributed by atoms with Crippen molar-refractivity contribution in [3.63, 3.8) is 0 Å². The van der Waals surface area contributed by atoms with Crippen LogP contribution >= 0.6 is 0 Å². The highest BCUT2D eigenvalue weighted by molar-refractivity contribution is 5.87. The predicted octanol–water partition coefficient (Wildman–Crippen LogP) is 2.88. The molecule has 0 saturated carbocycles. The van der Waals surface area contributed by atoms with Crippen LogP contribution in [0.5, 0.6) is 5.75 Å². The molecule has 0 aliphatic carbocycles. The topological polar surface area (TPSA) is 61.0 Å². The molecule has 2 aromatic carbocycles. The van der Waals surface area contributed by atoms with Crippen molar-refractivity contribution in [2.45, 2.75) is 12.5 Å². The lowest BCUT2D eigenvalue weighted by Crippen LogP contribution is -2.15. The Morgan fingerprint density at radius 3 is 2.86 bits per heavy atom. The predicted molar refractivity (Wildman–Crippen MR) is 83.2 cm³/mol. The minimum Gasteiger partial charge on any atom is -0.497 e. The highest BCUT2D eigenvalue weighted by atomic mass is 16.5. The molecule has 1 heterocycles. The molecule has 0 saturated heterocycles. The van der Waals surface area contributed by atoms with E-state index in [0.29, 0.717) is 6.42 Å². The van der Waals surface area contributed by atoms with Crippen molar-refractivity contribution in [1.82, 2.24) is 9.97 Å². The van der Waals surface area contributed by atoms with Crippen LogP contribution in [-0.4, -0.2) is 17.1 Å². The number of nitrogens with two attached hydrogens (primary N) is 1. The van der Waals surface area contributed by atoms with E-state index < -0.39 is 0 Å². The van der Waals surface area contributed by atoms with Gasteiger partial charge < -0.3 is 10.5 Å². The molecule has 3 rings (SSSR count). The Morgan fingerprint density at radius 2 is 2.10 bits per heavy atom. The van der Waals surface area contributed by atoms with Crippen LogP contribution in [0, 0.1) is 0 Å². The Bertz CT molecular complexity index is 743. The highest BCUT2D eigenvalue weighted by Gasteiger charge is 2.11. The maximum Gasteiger partial charge on any atom is 0.119 e. The van der Waals surface area contributed by atoms with E-state index in [0.717, 1.165) is 16.8 Å². The molecule has 0 spiro atoms. The van der Waals surface area contributed by atoms with E-state index in [9.17, 15) is 0 Å². The van der Waals surface area contributed by atoms with Crippen LogP contribution < -0.4 is 10.5 Å². The lowest BCUT2D eigenvalue weighted by Gasteiger charge is -2.13. The van der Waals surface area contributed by atoms with Gasteiger partial charge in [-0.15, -0.1) is 0 Å². The van der Waals surface area contributed by atoms with Crippen LogP contribution in [0.3, 0.4) is 0 Å². The number of methoxy groups -OCH3 is 1. The van der Waals surface area contributed by atoms with Crippen molar-refractivity contribution < 1.29 is 4.74 Å². The maximum absolute atomic E-state index is 6.25. The average molecular weight is 279 g/mol. The summed E-state index contributed by atoms with van der Waals surface area (Å²) in [5.41, 5.74) is 8.24. The highest BCUT2D eigenvalue weighted by Crippen LogP contribution is 2.26. The van der Waals surface area contributed by atoms with E-state index in [1.54, 1.807) is 25.7 Å². The third-order valence-corrected chi connectivity index (χ3v) is 3.58. The van der Waals surface area contributed by atoms with Crippen LogP contribution in [0.4, 0.5) is 0 Å². The zero-order valence-corrected chi connectivity index (χ0v) is 11.9. The summed E-state index contributed by atoms with van der Waals surface area (Å²) in [6.07, 6.45) is 5.75. The molecule has 0 fully saturated rings. The van der Waals surface area contributed by atoms with Crippen molar-refractivity contribution in [2.24, 2.45) is 5.73 Å². The molecule has 4 heteroatoms. The van der Waals surface area contributed by atoms with Gasteiger partial charge in [0, 0.05) is 18.6 Å². The molecule has 1 aromatic heterocycles. The van der Waals surface area contributed by atoms with Gasteiger partial charge >= 0.3 is 0 Å². The summed E-state index contributed by atoms with van der Waals surface area (Å²) in [7, 11) is 1.68. The van der Waals surface area contributed by atoms with Gasteiger partial charge in [-0.05, 0) is 34.9 Å².